The number of hydrogen-bond acceptors (Lipinski definition) is 7. The van der Waals surface area contributed by atoms with Gasteiger partial charge < -0.3 is 14.0 Å². The van der Waals surface area contributed by atoms with Crippen LogP contribution in [0.15, 0.2) is 18.2 Å². The van der Waals surface area contributed by atoms with E-state index in [2.05, 4.69) is 0 Å². The van der Waals surface area contributed by atoms with Crippen molar-refractivity contribution < 1.29 is 28.4 Å². The van der Waals surface area contributed by atoms with E-state index in [1.807, 2.05) is 0 Å². The minimum atomic E-state index is -1.23. The average Bonchev–Trinajstić information content (AvgIpc) is 2.44. The van der Waals surface area contributed by atoms with Gasteiger partial charge in [-0.3, -0.25) is 19.3 Å². The second kappa shape index (κ2) is 6.40. The predicted molar refractivity (Wildman–Crippen MR) is 73.5 cm³/mol. The Hall–Kier alpha value is -2.35. The van der Waals surface area contributed by atoms with E-state index < -0.39 is 19.1 Å². The molecule has 2 rings (SSSR count). The number of nitrogens with zero attached hydrogens (tertiary/aromatic N) is 1. The molecule has 0 aromatic heterocycles. The van der Waals surface area contributed by atoms with Crippen molar-refractivity contribution in [3.63, 3.8) is 0 Å². The zero-order valence-corrected chi connectivity index (χ0v) is 11.7. The molecular formula is C13H14BNO6. The molecule has 1 heterocycles. The zero-order valence-electron chi connectivity index (χ0n) is 11.7. The fourth-order valence-electron chi connectivity index (χ4n) is 1.97. The first kappa shape index (κ1) is 15.1. The predicted octanol–water partition coefficient (Wildman–Crippen LogP) is -0.765. The molecule has 0 N–H and O–H groups in total. The summed E-state index contributed by atoms with van der Waals surface area (Å²) in [5, 5.41) is 0. The van der Waals surface area contributed by atoms with E-state index in [0.717, 1.165) is 0 Å². The van der Waals surface area contributed by atoms with Crippen LogP contribution in [0.3, 0.4) is 0 Å². The van der Waals surface area contributed by atoms with E-state index in [0.29, 0.717) is 23.1 Å². The third kappa shape index (κ3) is 3.60. The van der Waals surface area contributed by atoms with Crippen LogP contribution in [0.25, 0.3) is 0 Å². The average molecular weight is 291 g/mol. The summed E-state index contributed by atoms with van der Waals surface area (Å²) >= 11 is 0. The quantitative estimate of drug-likeness (QED) is 0.534. The second-order valence-corrected chi connectivity index (χ2v) is 4.60. The van der Waals surface area contributed by atoms with Crippen LogP contribution >= 0.6 is 0 Å². The molecule has 0 spiro atoms. The highest BCUT2D eigenvalue weighted by Crippen LogP contribution is 2.12. The topological polar surface area (TPSA) is 82.1 Å². The van der Waals surface area contributed by atoms with Gasteiger partial charge in [-0.1, -0.05) is 0 Å². The fourth-order valence-corrected chi connectivity index (χ4v) is 1.97. The Balaban J connectivity index is 2.35. The number of likely N-dealkylation sites (N-methyl/N-ethyl adjacent to an activating group) is 1. The van der Waals surface area contributed by atoms with E-state index in [1.54, 1.807) is 19.2 Å². The highest BCUT2D eigenvalue weighted by atomic mass is 16.6. The first-order valence-corrected chi connectivity index (χ1v) is 6.24. The third-order valence-corrected chi connectivity index (χ3v) is 2.92. The van der Waals surface area contributed by atoms with Crippen LogP contribution in [0.5, 0.6) is 5.75 Å². The number of benzene rings is 1. The summed E-state index contributed by atoms with van der Waals surface area (Å²) in [6.45, 7) is -0.0530. The van der Waals surface area contributed by atoms with Crippen LogP contribution in [0.4, 0.5) is 0 Å². The Kier molecular flexibility index (Phi) is 4.59. The Morgan fingerprint density at radius 1 is 1.24 bits per heavy atom. The zero-order chi connectivity index (χ0) is 15.4. The lowest BCUT2D eigenvalue weighted by molar-refractivity contribution is -0.145. The lowest BCUT2D eigenvalue weighted by Crippen LogP contribution is -2.48. The molecule has 0 amide bonds. The van der Waals surface area contributed by atoms with Gasteiger partial charge in [0.25, 0.3) is 0 Å². The van der Waals surface area contributed by atoms with Crippen LogP contribution in [0, 0.1) is 0 Å². The van der Waals surface area contributed by atoms with Gasteiger partial charge >= 0.3 is 19.1 Å². The summed E-state index contributed by atoms with van der Waals surface area (Å²) in [4.78, 5) is 35.8. The Morgan fingerprint density at radius 2 is 1.86 bits per heavy atom. The van der Waals surface area contributed by atoms with Gasteiger partial charge in [0.2, 0.25) is 0 Å². The van der Waals surface area contributed by atoms with Crippen LogP contribution in [-0.4, -0.2) is 57.5 Å². The van der Waals surface area contributed by atoms with E-state index in [4.69, 9.17) is 14.0 Å². The summed E-state index contributed by atoms with van der Waals surface area (Å²) < 4.78 is 15.4. The van der Waals surface area contributed by atoms with E-state index in [-0.39, 0.29) is 13.1 Å². The van der Waals surface area contributed by atoms with Crippen LogP contribution in [-0.2, 0) is 18.9 Å². The molecule has 21 heavy (non-hydrogen) atoms. The number of carbonyl (C=O) groups is 3. The first-order valence-electron chi connectivity index (χ1n) is 6.24. The smallest absolute Gasteiger partial charge is 0.497 e. The first-order chi connectivity index (χ1) is 10.0. The highest BCUT2D eigenvalue weighted by Gasteiger charge is 2.36. The molecule has 0 aliphatic carbocycles. The number of rotatable bonds is 3. The van der Waals surface area contributed by atoms with Crippen molar-refractivity contribution in [2.45, 2.75) is 0 Å². The maximum absolute atomic E-state index is 11.7. The molecule has 1 aromatic rings. The molecule has 110 valence electrons. The summed E-state index contributed by atoms with van der Waals surface area (Å²) in [5.74, 6) is -0.706. The fraction of sp³-hybridized carbons (Fsp3) is 0.308. The molecule has 1 saturated heterocycles. The van der Waals surface area contributed by atoms with Crippen molar-refractivity contribution in [3.8, 4) is 5.75 Å². The van der Waals surface area contributed by atoms with Crippen molar-refractivity contribution in [2.75, 3.05) is 27.2 Å². The van der Waals surface area contributed by atoms with Gasteiger partial charge in [0, 0.05) is 5.56 Å². The number of carbonyl (C=O) groups excluding carboxylic acids is 3. The Bertz CT molecular complexity index is 556. The number of hydrogen-bond donors (Lipinski definition) is 0. The molecule has 7 nitrogen and oxygen atoms in total. The molecule has 0 radical (unpaired) electrons. The highest BCUT2D eigenvalue weighted by molar-refractivity contribution is 6.65. The van der Waals surface area contributed by atoms with Gasteiger partial charge in [-0.2, -0.15) is 0 Å². The lowest BCUT2D eigenvalue weighted by atomic mass is 9.77. The van der Waals surface area contributed by atoms with E-state index in [9.17, 15) is 14.4 Å². The minimum absolute atomic E-state index is 0.0265. The maximum Gasteiger partial charge on any atom is 0.640 e. The summed E-state index contributed by atoms with van der Waals surface area (Å²) in [6, 6.07) is 4.56. The third-order valence-electron chi connectivity index (χ3n) is 2.92. The van der Waals surface area contributed by atoms with Gasteiger partial charge in [0.1, 0.15) is 12.0 Å². The van der Waals surface area contributed by atoms with Crippen molar-refractivity contribution in [1.29, 1.82) is 0 Å². The molecule has 0 atom stereocenters. The molecule has 8 heteroatoms. The van der Waals surface area contributed by atoms with Crippen molar-refractivity contribution in [1.82, 2.24) is 4.90 Å². The number of ether oxygens (including phenoxy) is 1. The Labute approximate surface area is 121 Å². The molecule has 0 saturated carbocycles. The van der Waals surface area contributed by atoms with Crippen molar-refractivity contribution >= 4 is 30.8 Å². The molecule has 1 aromatic carbocycles. The normalized spacial score (nSPS) is 16.6. The molecule has 0 unspecified atom stereocenters. The van der Waals surface area contributed by atoms with Crippen LogP contribution in [0.2, 0.25) is 0 Å². The van der Waals surface area contributed by atoms with E-state index in [1.165, 1.54) is 18.1 Å². The molecule has 0 bridgehead atoms. The van der Waals surface area contributed by atoms with Crippen molar-refractivity contribution in [2.24, 2.45) is 0 Å². The molecule has 1 aliphatic rings. The second-order valence-electron chi connectivity index (χ2n) is 4.60. The van der Waals surface area contributed by atoms with Gasteiger partial charge in [-0.15, -0.1) is 0 Å². The standard InChI is InChI=1S/C13H14BNO6/c1-15-6-12(17)20-14(21-13(18)7-15)10-5-9(8-16)3-4-11(10)19-2/h3-5,8H,6-7H2,1-2H3. The summed E-state index contributed by atoms with van der Waals surface area (Å²) in [5.41, 5.74) is 0.672. The van der Waals surface area contributed by atoms with Gasteiger partial charge in [0.05, 0.1) is 25.7 Å². The van der Waals surface area contributed by atoms with Gasteiger partial charge in [0.15, 0.2) is 0 Å². The number of methoxy groups -OCH3 is 1. The Morgan fingerprint density at radius 3 is 2.38 bits per heavy atom. The van der Waals surface area contributed by atoms with E-state index >= 15 is 0 Å². The maximum atomic E-state index is 11.7. The van der Waals surface area contributed by atoms with Gasteiger partial charge in [-0.05, 0) is 25.2 Å². The number of aldehydes is 1. The largest absolute Gasteiger partial charge is 0.640 e. The summed E-state index contributed by atoms with van der Waals surface area (Å²) in [7, 11) is 1.81. The minimum Gasteiger partial charge on any atom is -0.497 e. The monoisotopic (exact) mass is 291 g/mol. The molecular weight excluding hydrogens is 277 g/mol. The lowest BCUT2D eigenvalue weighted by Gasteiger charge is -2.23. The van der Waals surface area contributed by atoms with Gasteiger partial charge in [-0.25, -0.2) is 0 Å². The van der Waals surface area contributed by atoms with Crippen LogP contribution < -0.4 is 10.2 Å². The SMILES string of the molecule is COc1ccc(C=O)cc1B1OC(=O)CN(C)CC(=O)O1. The molecule has 1 fully saturated rings. The van der Waals surface area contributed by atoms with Crippen LogP contribution in [0.1, 0.15) is 10.4 Å². The summed E-state index contributed by atoms with van der Waals surface area (Å²) in [6.07, 6.45) is 0.642. The van der Waals surface area contributed by atoms with Crippen molar-refractivity contribution in [3.05, 3.63) is 23.8 Å². The molecule has 1 aliphatic heterocycles.